The third-order valence-corrected chi connectivity index (χ3v) is 3.32. The number of nitrogens with one attached hydrogen (secondary N) is 2. The minimum absolute atomic E-state index is 0.213. The maximum atomic E-state index is 12.4. The van der Waals surface area contributed by atoms with Gasteiger partial charge in [-0.05, 0) is 25.0 Å². The van der Waals surface area contributed by atoms with Gasteiger partial charge in [0.25, 0.3) is 5.91 Å². The van der Waals surface area contributed by atoms with Gasteiger partial charge in [0.2, 0.25) is 5.91 Å². The molecule has 2 unspecified atom stereocenters. The minimum atomic E-state index is -1.14. The van der Waals surface area contributed by atoms with Crippen LogP contribution in [0.4, 0.5) is 0 Å². The number of para-hydroxylation sites is 1. The third kappa shape index (κ3) is 4.98. The van der Waals surface area contributed by atoms with Gasteiger partial charge in [-0.2, -0.15) is 0 Å². The monoisotopic (exact) mass is 322 g/mol. The van der Waals surface area contributed by atoms with Crippen LogP contribution in [-0.2, 0) is 9.59 Å². The zero-order chi connectivity index (χ0) is 17.6. The van der Waals surface area contributed by atoms with Crippen LogP contribution >= 0.6 is 0 Å². The number of hydrogen-bond donors (Lipinski definition) is 3. The molecule has 23 heavy (non-hydrogen) atoms. The average Bonchev–Trinajstić information content (AvgIpc) is 2.51. The molecule has 1 aromatic carbocycles. The first-order valence-corrected chi connectivity index (χ1v) is 7.25. The molecule has 0 saturated carbocycles. The zero-order valence-corrected chi connectivity index (χ0v) is 13.6. The van der Waals surface area contributed by atoms with Crippen LogP contribution in [0, 0.1) is 5.92 Å². The van der Waals surface area contributed by atoms with Gasteiger partial charge in [0.15, 0.2) is 0 Å². The highest BCUT2D eigenvalue weighted by Crippen LogP contribution is 2.17. The summed E-state index contributed by atoms with van der Waals surface area (Å²) in [7, 11) is 1.45. The van der Waals surface area contributed by atoms with Gasteiger partial charge in [-0.25, -0.2) is 0 Å². The van der Waals surface area contributed by atoms with Crippen molar-refractivity contribution in [1.29, 1.82) is 0 Å². The summed E-state index contributed by atoms with van der Waals surface area (Å²) in [5.74, 6) is -1.96. The lowest BCUT2D eigenvalue weighted by molar-refractivity contribution is -0.141. The van der Waals surface area contributed by atoms with E-state index in [1.54, 1.807) is 38.1 Å². The molecule has 0 saturated heterocycles. The van der Waals surface area contributed by atoms with Crippen molar-refractivity contribution >= 4 is 17.8 Å². The van der Waals surface area contributed by atoms with Gasteiger partial charge in [-0.15, -0.1) is 0 Å². The molecule has 0 fully saturated rings. The third-order valence-electron chi connectivity index (χ3n) is 3.32. The van der Waals surface area contributed by atoms with E-state index >= 15 is 0 Å². The Hall–Kier alpha value is -2.57. The lowest BCUT2D eigenvalue weighted by atomic mass is 10.0. The average molecular weight is 322 g/mol. The maximum absolute atomic E-state index is 12.4. The summed E-state index contributed by atoms with van der Waals surface area (Å²) >= 11 is 0. The molecule has 2 amide bonds. The van der Waals surface area contributed by atoms with Crippen molar-refractivity contribution in [1.82, 2.24) is 10.6 Å². The number of ether oxygens (including phenoxy) is 1. The fraction of sp³-hybridized carbons (Fsp3) is 0.438. The van der Waals surface area contributed by atoms with Crippen LogP contribution in [-0.4, -0.2) is 42.1 Å². The molecule has 126 valence electrons. The molecule has 1 aromatic rings. The Bertz CT molecular complexity index is 586. The Morgan fingerprint density at radius 1 is 1.09 bits per heavy atom. The van der Waals surface area contributed by atoms with Crippen molar-refractivity contribution in [3.8, 4) is 5.75 Å². The van der Waals surface area contributed by atoms with E-state index in [4.69, 9.17) is 9.84 Å². The summed E-state index contributed by atoms with van der Waals surface area (Å²) in [6.45, 7) is 4.88. The summed E-state index contributed by atoms with van der Waals surface area (Å²) in [6, 6.07) is 4.77. The number of aliphatic carboxylic acids is 1. The summed E-state index contributed by atoms with van der Waals surface area (Å²) in [6.07, 6.45) is 0. The highest BCUT2D eigenvalue weighted by Gasteiger charge is 2.27. The van der Waals surface area contributed by atoms with E-state index in [2.05, 4.69) is 10.6 Å². The predicted molar refractivity (Wildman–Crippen MR) is 84.3 cm³/mol. The summed E-state index contributed by atoms with van der Waals surface area (Å²) in [4.78, 5) is 35.4. The van der Waals surface area contributed by atoms with E-state index in [0.29, 0.717) is 11.3 Å². The van der Waals surface area contributed by atoms with Gasteiger partial charge in [0.1, 0.15) is 17.8 Å². The summed E-state index contributed by atoms with van der Waals surface area (Å²) in [5, 5.41) is 13.9. The van der Waals surface area contributed by atoms with Crippen molar-refractivity contribution in [2.24, 2.45) is 5.92 Å². The van der Waals surface area contributed by atoms with E-state index in [1.165, 1.54) is 14.0 Å². The first kappa shape index (κ1) is 18.5. The van der Waals surface area contributed by atoms with Crippen molar-refractivity contribution in [2.75, 3.05) is 7.11 Å². The second kappa shape index (κ2) is 8.17. The van der Waals surface area contributed by atoms with Crippen LogP contribution in [0.3, 0.4) is 0 Å². The van der Waals surface area contributed by atoms with Crippen LogP contribution < -0.4 is 15.4 Å². The molecule has 7 heteroatoms. The number of methoxy groups -OCH3 is 1. The Kier molecular flexibility index (Phi) is 6.56. The molecule has 0 aromatic heterocycles. The van der Waals surface area contributed by atoms with Crippen molar-refractivity contribution in [3.63, 3.8) is 0 Å². The van der Waals surface area contributed by atoms with Crippen molar-refractivity contribution < 1.29 is 24.2 Å². The van der Waals surface area contributed by atoms with Gasteiger partial charge >= 0.3 is 5.97 Å². The Morgan fingerprint density at radius 3 is 2.22 bits per heavy atom. The molecule has 3 N–H and O–H groups in total. The molecule has 0 aliphatic rings. The summed E-state index contributed by atoms with van der Waals surface area (Å²) in [5.41, 5.74) is 0.305. The maximum Gasteiger partial charge on any atom is 0.325 e. The van der Waals surface area contributed by atoms with Gasteiger partial charge in [0, 0.05) is 0 Å². The zero-order valence-electron chi connectivity index (χ0n) is 13.6. The standard InChI is InChI=1S/C16H22N2O5/c1-9(2)13(15(20)17-10(3)16(21)22)18-14(19)11-7-5-6-8-12(11)23-4/h5-10,13H,1-4H3,(H,17,20)(H,18,19)(H,21,22). The van der Waals surface area contributed by atoms with Crippen LogP contribution in [0.25, 0.3) is 0 Å². The molecule has 0 heterocycles. The predicted octanol–water partition coefficient (Wildman–Crippen LogP) is 1.04. The molecule has 0 aliphatic carbocycles. The highest BCUT2D eigenvalue weighted by molar-refractivity contribution is 6.00. The Balaban J connectivity index is 2.89. The van der Waals surface area contributed by atoms with E-state index in [-0.39, 0.29) is 5.92 Å². The van der Waals surface area contributed by atoms with Gasteiger partial charge in [-0.1, -0.05) is 26.0 Å². The highest BCUT2D eigenvalue weighted by atomic mass is 16.5. The first-order chi connectivity index (χ1) is 10.8. The molecule has 0 spiro atoms. The van der Waals surface area contributed by atoms with Crippen molar-refractivity contribution in [2.45, 2.75) is 32.9 Å². The Morgan fingerprint density at radius 2 is 1.70 bits per heavy atom. The quantitative estimate of drug-likeness (QED) is 0.695. The first-order valence-electron chi connectivity index (χ1n) is 7.25. The van der Waals surface area contributed by atoms with E-state index < -0.39 is 29.9 Å². The van der Waals surface area contributed by atoms with Gasteiger partial charge in [-0.3, -0.25) is 14.4 Å². The van der Waals surface area contributed by atoms with Crippen LogP contribution in [0.2, 0.25) is 0 Å². The molecule has 7 nitrogen and oxygen atoms in total. The number of carboxylic acid groups (broad SMARTS) is 1. The topological polar surface area (TPSA) is 105 Å². The summed E-state index contributed by atoms with van der Waals surface area (Å²) < 4.78 is 5.13. The number of benzene rings is 1. The fourth-order valence-corrected chi connectivity index (χ4v) is 1.95. The van der Waals surface area contributed by atoms with Gasteiger partial charge in [0.05, 0.1) is 12.7 Å². The molecular weight excluding hydrogens is 300 g/mol. The minimum Gasteiger partial charge on any atom is -0.496 e. The number of hydrogen-bond acceptors (Lipinski definition) is 4. The number of carbonyl (C=O) groups is 3. The lowest BCUT2D eigenvalue weighted by Gasteiger charge is -2.23. The normalized spacial score (nSPS) is 13.1. The number of carboxylic acids is 1. The van der Waals surface area contributed by atoms with Crippen LogP contribution in [0.15, 0.2) is 24.3 Å². The van der Waals surface area contributed by atoms with Crippen LogP contribution in [0.5, 0.6) is 5.75 Å². The SMILES string of the molecule is COc1ccccc1C(=O)NC(C(=O)NC(C)C(=O)O)C(C)C. The van der Waals surface area contributed by atoms with E-state index in [0.717, 1.165) is 0 Å². The second-order valence-corrected chi connectivity index (χ2v) is 5.46. The molecule has 0 aliphatic heterocycles. The number of rotatable bonds is 7. The van der Waals surface area contributed by atoms with Gasteiger partial charge < -0.3 is 20.5 Å². The molecule has 0 bridgehead atoms. The van der Waals surface area contributed by atoms with Crippen LogP contribution in [0.1, 0.15) is 31.1 Å². The largest absolute Gasteiger partial charge is 0.496 e. The Labute approximate surface area is 135 Å². The smallest absolute Gasteiger partial charge is 0.325 e. The van der Waals surface area contributed by atoms with E-state index in [1.807, 2.05) is 0 Å². The van der Waals surface area contributed by atoms with E-state index in [9.17, 15) is 14.4 Å². The number of amides is 2. The second-order valence-electron chi connectivity index (χ2n) is 5.46. The molecule has 0 radical (unpaired) electrons. The number of carbonyl (C=O) groups excluding carboxylic acids is 2. The molecule has 2 atom stereocenters. The lowest BCUT2D eigenvalue weighted by Crippen LogP contribution is -2.53. The molecular formula is C16H22N2O5. The molecule has 1 rings (SSSR count). The fourth-order valence-electron chi connectivity index (χ4n) is 1.95. The van der Waals surface area contributed by atoms with Crippen molar-refractivity contribution in [3.05, 3.63) is 29.8 Å².